The van der Waals surface area contributed by atoms with Gasteiger partial charge in [0, 0.05) is 12.5 Å². The van der Waals surface area contributed by atoms with E-state index in [4.69, 9.17) is 9.56 Å². The number of furan rings is 1. The standard InChI is InChI=1S/C13H16N2O5S2/c1-10(8-11-4-3-7-20-11)15-22(18,19)13-6-2-5-12(9-13)21(14,16)17/h2-7,9-10,15H,8H2,1H3,(H2,14,16,17)/t10-/m1/s1. The van der Waals surface area contributed by atoms with Gasteiger partial charge in [-0.15, -0.1) is 0 Å². The highest BCUT2D eigenvalue weighted by atomic mass is 32.2. The molecule has 9 heteroatoms. The number of sulfonamides is 2. The molecule has 0 saturated heterocycles. The Bertz CT molecular complexity index is 842. The van der Waals surface area contributed by atoms with Gasteiger partial charge in [-0.2, -0.15) is 0 Å². The molecule has 0 bridgehead atoms. The maximum absolute atomic E-state index is 12.3. The van der Waals surface area contributed by atoms with Crippen molar-refractivity contribution in [2.45, 2.75) is 29.2 Å². The molecule has 2 aromatic rings. The average Bonchev–Trinajstić information content (AvgIpc) is 2.90. The summed E-state index contributed by atoms with van der Waals surface area (Å²) in [5, 5.41) is 5.01. The summed E-state index contributed by atoms with van der Waals surface area (Å²) in [5.74, 6) is 0.647. The average molecular weight is 344 g/mol. The molecule has 1 aromatic heterocycles. The summed E-state index contributed by atoms with van der Waals surface area (Å²) in [7, 11) is -7.82. The van der Waals surface area contributed by atoms with Crippen LogP contribution in [0.15, 0.2) is 56.9 Å². The highest BCUT2D eigenvalue weighted by Crippen LogP contribution is 2.15. The molecule has 7 nitrogen and oxygen atoms in total. The van der Waals surface area contributed by atoms with E-state index in [-0.39, 0.29) is 9.79 Å². The number of nitrogens with one attached hydrogen (secondary N) is 1. The minimum Gasteiger partial charge on any atom is -0.469 e. The molecule has 120 valence electrons. The van der Waals surface area contributed by atoms with E-state index in [0.717, 1.165) is 6.07 Å². The molecule has 0 unspecified atom stereocenters. The van der Waals surface area contributed by atoms with Crippen LogP contribution in [0.25, 0.3) is 0 Å². The lowest BCUT2D eigenvalue weighted by atomic mass is 10.2. The molecule has 0 radical (unpaired) electrons. The van der Waals surface area contributed by atoms with E-state index in [1.54, 1.807) is 19.1 Å². The van der Waals surface area contributed by atoms with Gasteiger partial charge in [-0.05, 0) is 37.3 Å². The predicted octanol–water partition coefficient (Wildman–Crippen LogP) is 0.837. The largest absolute Gasteiger partial charge is 0.469 e. The van der Waals surface area contributed by atoms with Crippen LogP contribution < -0.4 is 9.86 Å². The molecular formula is C13H16N2O5S2. The minimum atomic E-state index is -3.96. The lowest BCUT2D eigenvalue weighted by Crippen LogP contribution is -2.34. The third-order valence-corrected chi connectivity index (χ3v) is 5.39. The van der Waals surface area contributed by atoms with Crippen LogP contribution >= 0.6 is 0 Å². The van der Waals surface area contributed by atoms with Gasteiger partial charge >= 0.3 is 0 Å². The first-order valence-corrected chi connectivity index (χ1v) is 9.39. The van der Waals surface area contributed by atoms with Crippen molar-refractivity contribution in [2.24, 2.45) is 5.14 Å². The Morgan fingerprint density at radius 2 is 1.82 bits per heavy atom. The molecule has 3 N–H and O–H groups in total. The zero-order chi connectivity index (χ0) is 16.4. The monoisotopic (exact) mass is 344 g/mol. The molecule has 1 atom stereocenters. The van der Waals surface area contributed by atoms with Crippen molar-refractivity contribution in [3.05, 3.63) is 48.4 Å². The van der Waals surface area contributed by atoms with Crippen LogP contribution in [0.1, 0.15) is 12.7 Å². The highest BCUT2D eigenvalue weighted by Gasteiger charge is 2.20. The molecule has 22 heavy (non-hydrogen) atoms. The molecule has 2 rings (SSSR count). The van der Waals surface area contributed by atoms with Crippen molar-refractivity contribution in [3.63, 3.8) is 0 Å². The van der Waals surface area contributed by atoms with Crippen molar-refractivity contribution in [2.75, 3.05) is 0 Å². The van der Waals surface area contributed by atoms with Gasteiger partial charge in [-0.1, -0.05) is 6.07 Å². The summed E-state index contributed by atoms with van der Waals surface area (Å²) in [6, 6.07) is 7.92. The normalized spacial score (nSPS) is 13.9. The number of hydrogen-bond donors (Lipinski definition) is 2. The van der Waals surface area contributed by atoms with Gasteiger partial charge in [-0.25, -0.2) is 26.7 Å². The zero-order valence-electron chi connectivity index (χ0n) is 11.8. The van der Waals surface area contributed by atoms with Gasteiger partial charge in [0.1, 0.15) is 5.76 Å². The number of nitrogens with two attached hydrogens (primary N) is 1. The van der Waals surface area contributed by atoms with Crippen LogP contribution in [0.2, 0.25) is 0 Å². The van der Waals surface area contributed by atoms with Gasteiger partial charge < -0.3 is 4.42 Å². The van der Waals surface area contributed by atoms with E-state index in [0.29, 0.717) is 12.2 Å². The van der Waals surface area contributed by atoms with Crippen molar-refractivity contribution < 1.29 is 21.3 Å². The Morgan fingerprint density at radius 3 is 2.41 bits per heavy atom. The lowest BCUT2D eigenvalue weighted by Gasteiger charge is -2.13. The van der Waals surface area contributed by atoms with E-state index in [1.807, 2.05) is 0 Å². The first-order valence-electron chi connectivity index (χ1n) is 6.36. The SMILES string of the molecule is C[C@H](Cc1ccco1)NS(=O)(=O)c1cccc(S(N)(=O)=O)c1. The molecule has 0 spiro atoms. The molecule has 1 aromatic carbocycles. The van der Waals surface area contributed by atoms with Gasteiger partial charge in [0.15, 0.2) is 0 Å². The van der Waals surface area contributed by atoms with E-state index < -0.39 is 26.1 Å². The Kier molecular flexibility index (Phi) is 4.71. The number of benzene rings is 1. The number of primary sulfonamides is 1. The Hall–Kier alpha value is -1.68. The van der Waals surface area contributed by atoms with Crippen LogP contribution in [-0.2, 0) is 26.5 Å². The van der Waals surface area contributed by atoms with Crippen molar-refractivity contribution in [3.8, 4) is 0 Å². The molecule has 0 saturated carbocycles. The minimum absolute atomic E-state index is 0.162. The molecule has 1 heterocycles. The lowest BCUT2D eigenvalue weighted by molar-refractivity contribution is 0.479. The summed E-state index contributed by atoms with van der Waals surface area (Å²) in [4.78, 5) is -0.417. The summed E-state index contributed by atoms with van der Waals surface area (Å²) in [6.45, 7) is 1.68. The van der Waals surface area contributed by atoms with E-state index in [9.17, 15) is 16.8 Å². The van der Waals surface area contributed by atoms with E-state index >= 15 is 0 Å². The van der Waals surface area contributed by atoms with Crippen LogP contribution in [0.5, 0.6) is 0 Å². The van der Waals surface area contributed by atoms with Gasteiger partial charge in [0.25, 0.3) is 0 Å². The third kappa shape index (κ3) is 4.17. The number of rotatable bonds is 6. The first-order chi connectivity index (χ1) is 10.2. The summed E-state index contributed by atoms with van der Waals surface area (Å²) >= 11 is 0. The molecule has 0 aliphatic heterocycles. The molecule has 0 fully saturated rings. The van der Waals surface area contributed by atoms with Crippen LogP contribution in [0.4, 0.5) is 0 Å². The molecule has 0 aliphatic rings. The Morgan fingerprint density at radius 1 is 1.14 bits per heavy atom. The third-order valence-electron chi connectivity index (χ3n) is 2.89. The Balaban J connectivity index is 2.20. The fourth-order valence-electron chi connectivity index (χ4n) is 1.92. The molecule has 0 amide bonds. The predicted molar refractivity (Wildman–Crippen MR) is 80.0 cm³/mol. The number of hydrogen-bond acceptors (Lipinski definition) is 5. The van der Waals surface area contributed by atoms with Gasteiger partial charge in [0.05, 0.1) is 16.1 Å². The zero-order valence-corrected chi connectivity index (χ0v) is 13.4. The smallest absolute Gasteiger partial charge is 0.240 e. The fraction of sp³-hybridized carbons (Fsp3) is 0.231. The Labute approximate surface area is 129 Å². The quantitative estimate of drug-likeness (QED) is 0.804. The topological polar surface area (TPSA) is 119 Å². The van der Waals surface area contributed by atoms with Crippen molar-refractivity contribution in [1.82, 2.24) is 4.72 Å². The first kappa shape index (κ1) is 16.7. The molecule has 0 aliphatic carbocycles. The second-order valence-electron chi connectivity index (χ2n) is 4.83. The summed E-state index contributed by atoms with van der Waals surface area (Å²) < 4.78 is 54.8. The summed E-state index contributed by atoms with van der Waals surface area (Å²) in [5.41, 5.74) is 0. The van der Waals surface area contributed by atoms with E-state index in [2.05, 4.69) is 4.72 Å². The second kappa shape index (κ2) is 6.21. The van der Waals surface area contributed by atoms with Crippen LogP contribution in [-0.4, -0.2) is 22.9 Å². The van der Waals surface area contributed by atoms with Gasteiger partial charge in [-0.3, -0.25) is 0 Å². The second-order valence-corrected chi connectivity index (χ2v) is 8.10. The maximum atomic E-state index is 12.3. The van der Waals surface area contributed by atoms with Crippen LogP contribution in [0, 0.1) is 0 Å². The van der Waals surface area contributed by atoms with Crippen LogP contribution in [0.3, 0.4) is 0 Å². The summed E-state index contributed by atoms with van der Waals surface area (Å²) in [6.07, 6.45) is 1.88. The van der Waals surface area contributed by atoms with Gasteiger partial charge in [0.2, 0.25) is 20.0 Å². The molecular weight excluding hydrogens is 328 g/mol. The van der Waals surface area contributed by atoms with Crippen molar-refractivity contribution in [1.29, 1.82) is 0 Å². The van der Waals surface area contributed by atoms with E-state index in [1.165, 1.54) is 24.5 Å². The van der Waals surface area contributed by atoms with Crippen molar-refractivity contribution >= 4 is 20.0 Å². The maximum Gasteiger partial charge on any atom is 0.240 e. The highest BCUT2D eigenvalue weighted by molar-refractivity contribution is 7.90. The fourth-order valence-corrected chi connectivity index (χ4v) is 3.85.